The number of benzene rings is 2. The Hall–Kier alpha value is -3.07. The lowest BCUT2D eigenvalue weighted by atomic mass is 9.95. The molecule has 6 nitrogen and oxygen atoms in total. The summed E-state index contributed by atoms with van der Waals surface area (Å²) in [5, 5.41) is 9.95. The van der Waals surface area contributed by atoms with E-state index >= 15 is 0 Å². The lowest BCUT2D eigenvalue weighted by Crippen LogP contribution is -2.61. The molecule has 0 aliphatic carbocycles. The lowest BCUT2D eigenvalue weighted by molar-refractivity contribution is -0.0668. The van der Waals surface area contributed by atoms with Gasteiger partial charge in [0.1, 0.15) is 5.82 Å². The van der Waals surface area contributed by atoms with E-state index in [2.05, 4.69) is 0 Å². The van der Waals surface area contributed by atoms with Gasteiger partial charge in [0.2, 0.25) is 0 Å². The fourth-order valence-electron chi connectivity index (χ4n) is 4.90. The standard InChI is InChI=1S/C28H30FN3O3S/c1-17-5-6-20(12-23(17)29)22-13-24(27(34)31-11-3-4-21(30)14-31)36-25(22)18-7-9-19(10-8-18)26(33)32-15-28(2,35)16-32/h5-10,12-13,21,35H,3-4,11,14-16,30H2,1-2H3/t21-/m1/s1. The van der Waals surface area contributed by atoms with E-state index in [1.807, 2.05) is 24.3 Å². The zero-order valence-electron chi connectivity index (χ0n) is 20.5. The molecule has 0 unspecified atom stereocenters. The van der Waals surface area contributed by atoms with Gasteiger partial charge in [-0.3, -0.25) is 9.59 Å². The van der Waals surface area contributed by atoms with Crippen LogP contribution in [0.3, 0.4) is 0 Å². The normalized spacial score (nSPS) is 19.2. The Balaban J connectivity index is 1.49. The van der Waals surface area contributed by atoms with E-state index in [-0.39, 0.29) is 23.7 Å². The first-order valence-corrected chi connectivity index (χ1v) is 13.0. The number of thiophene rings is 1. The number of hydrogen-bond donors (Lipinski definition) is 2. The number of aliphatic hydroxyl groups is 1. The SMILES string of the molecule is Cc1ccc(-c2cc(C(=O)N3CCC[C@@H](N)C3)sc2-c2ccc(C(=O)N3CC(C)(O)C3)cc2)cc1F. The van der Waals surface area contributed by atoms with Crippen LogP contribution in [0.2, 0.25) is 0 Å². The van der Waals surface area contributed by atoms with Gasteiger partial charge in [0.25, 0.3) is 11.8 Å². The van der Waals surface area contributed by atoms with Gasteiger partial charge < -0.3 is 20.6 Å². The van der Waals surface area contributed by atoms with E-state index in [1.54, 1.807) is 41.8 Å². The highest BCUT2D eigenvalue weighted by atomic mass is 32.1. The van der Waals surface area contributed by atoms with Gasteiger partial charge >= 0.3 is 0 Å². The van der Waals surface area contributed by atoms with Crippen LogP contribution in [-0.4, -0.2) is 64.5 Å². The van der Waals surface area contributed by atoms with Crippen molar-refractivity contribution in [3.05, 3.63) is 70.4 Å². The van der Waals surface area contributed by atoms with Crippen LogP contribution >= 0.6 is 11.3 Å². The van der Waals surface area contributed by atoms with Gasteiger partial charge in [-0.1, -0.05) is 24.3 Å². The predicted octanol–water partition coefficient (Wildman–Crippen LogP) is 4.30. The molecule has 2 amide bonds. The minimum absolute atomic E-state index is 0.0204. The highest BCUT2D eigenvalue weighted by Crippen LogP contribution is 2.40. The molecule has 1 aromatic heterocycles. The Morgan fingerprint density at radius 2 is 1.75 bits per heavy atom. The first-order chi connectivity index (χ1) is 17.1. The zero-order valence-corrected chi connectivity index (χ0v) is 21.3. The number of hydrogen-bond acceptors (Lipinski definition) is 5. The Morgan fingerprint density at radius 3 is 2.39 bits per heavy atom. The van der Waals surface area contributed by atoms with Gasteiger partial charge in [0.05, 0.1) is 23.6 Å². The van der Waals surface area contributed by atoms with Gasteiger partial charge in [-0.05, 0) is 67.6 Å². The van der Waals surface area contributed by atoms with Crippen molar-refractivity contribution in [2.45, 2.75) is 38.3 Å². The molecular formula is C28H30FN3O3S. The molecular weight excluding hydrogens is 477 g/mol. The largest absolute Gasteiger partial charge is 0.386 e. The second-order valence-electron chi connectivity index (χ2n) is 10.2. The summed E-state index contributed by atoms with van der Waals surface area (Å²) in [5.74, 6) is -0.491. The van der Waals surface area contributed by atoms with E-state index in [4.69, 9.17) is 5.73 Å². The van der Waals surface area contributed by atoms with E-state index in [0.29, 0.717) is 47.7 Å². The van der Waals surface area contributed by atoms with E-state index in [9.17, 15) is 19.1 Å². The summed E-state index contributed by atoms with van der Waals surface area (Å²) in [6.45, 7) is 5.26. The maximum Gasteiger partial charge on any atom is 0.264 e. The number of β-amino-alcohol motifs (C(OH)–C–C–N with tert-alkyl or cyclic N) is 1. The number of carbonyl (C=O) groups excluding carboxylic acids is 2. The maximum atomic E-state index is 14.5. The molecule has 2 aliphatic rings. The third-order valence-electron chi connectivity index (χ3n) is 6.91. The summed E-state index contributed by atoms with van der Waals surface area (Å²) in [6.07, 6.45) is 1.79. The molecule has 2 aliphatic heterocycles. The highest BCUT2D eigenvalue weighted by molar-refractivity contribution is 7.18. The van der Waals surface area contributed by atoms with Crippen LogP contribution in [0, 0.1) is 12.7 Å². The van der Waals surface area contributed by atoms with E-state index in [1.165, 1.54) is 17.4 Å². The van der Waals surface area contributed by atoms with Gasteiger partial charge in [-0.2, -0.15) is 0 Å². The topological polar surface area (TPSA) is 86.9 Å². The average Bonchev–Trinajstić information content (AvgIpc) is 3.29. The monoisotopic (exact) mass is 507 g/mol. The number of rotatable bonds is 4. The Labute approximate surface area is 214 Å². The lowest BCUT2D eigenvalue weighted by Gasteiger charge is -2.44. The molecule has 36 heavy (non-hydrogen) atoms. The highest BCUT2D eigenvalue weighted by Gasteiger charge is 2.39. The Kier molecular flexibility index (Phi) is 6.44. The summed E-state index contributed by atoms with van der Waals surface area (Å²) < 4.78 is 14.5. The number of amides is 2. The number of nitrogens with zero attached hydrogens (tertiary/aromatic N) is 2. The second-order valence-corrected chi connectivity index (χ2v) is 11.3. The van der Waals surface area contributed by atoms with Crippen LogP contribution in [0.25, 0.3) is 21.6 Å². The molecule has 2 saturated heterocycles. The molecule has 0 spiro atoms. The molecule has 8 heteroatoms. The van der Waals surface area contributed by atoms with Gasteiger partial charge in [-0.25, -0.2) is 4.39 Å². The molecule has 2 fully saturated rings. The summed E-state index contributed by atoms with van der Waals surface area (Å²) in [7, 11) is 0. The van der Waals surface area contributed by atoms with Gasteiger partial charge in [-0.15, -0.1) is 11.3 Å². The zero-order chi connectivity index (χ0) is 25.6. The fraction of sp³-hybridized carbons (Fsp3) is 0.357. The van der Waals surface area contributed by atoms with Gasteiger partial charge in [0.15, 0.2) is 0 Å². The summed E-state index contributed by atoms with van der Waals surface area (Å²) in [4.78, 5) is 30.9. The van der Waals surface area contributed by atoms with Crippen molar-refractivity contribution in [1.82, 2.24) is 9.80 Å². The molecule has 2 aromatic carbocycles. The van der Waals surface area contributed by atoms with Crippen molar-refractivity contribution < 1.29 is 19.1 Å². The van der Waals surface area contributed by atoms with Crippen LogP contribution in [0.1, 0.15) is 45.4 Å². The molecule has 188 valence electrons. The number of piperidine rings is 1. The second kappa shape index (κ2) is 9.42. The third-order valence-corrected chi connectivity index (χ3v) is 8.09. The van der Waals surface area contributed by atoms with Crippen molar-refractivity contribution in [3.8, 4) is 21.6 Å². The van der Waals surface area contributed by atoms with Crippen LogP contribution < -0.4 is 5.73 Å². The average molecular weight is 508 g/mol. The molecule has 0 bridgehead atoms. The first kappa shape index (κ1) is 24.6. The van der Waals surface area contributed by atoms with E-state index in [0.717, 1.165) is 28.8 Å². The minimum atomic E-state index is -0.827. The molecule has 0 radical (unpaired) electrons. The molecule has 3 N–H and O–H groups in total. The van der Waals surface area contributed by atoms with Crippen LogP contribution in [-0.2, 0) is 0 Å². The predicted molar refractivity (Wildman–Crippen MR) is 140 cm³/mol. The molecule has 3 heterocycles. The van der Waals surface area contributed by atoms with Crippen LogP contribution in [0.5, 0.6) is 0 Å². The van der Waals surface area contributed by atoms with Crippen molar-refractivity contribution in [2.75, 3.05) is 26.2 Å². The maximum absolute atomic E-state index is 14.5. The number of nitrogens with two attached hydrogens (primary N) is 1. The minimum Gasteiger partial charge on any atom is -0.386 e. The van der Waals surface area contributed by atoms with Crippen LogP contribution in [0.15, 0.2) is 48.5 Å². The number of likely N-dealkylation sites (tertiary alicyclic amines) is 2. The first-order valence-electron chi connectivity index (χ1n) is 12.2. The Bertz CT molecular complexity index is 1310. The number of aryl methyl sites for hydroxylation is 1. The summed E-state index contributed by atoms with van der Waals surface area (Å²) in [5.41, 5.74) is 8.69. The molecule has 3 aromatic rings. The summed E-state index contributed by atoms with van der Waals surface area (Å²) >= 11 is 1.37. The van der Waals surface area contributed by atoms with E-state index < -0.39 is 5.60 Å². The van der Waals surface area contributed by atoms with Crippen molar-refractivity contribution >= 4 is 23.2 Å². The van der Waals surface area contributed by atoms with Gasteiger partial charge in [0, 0.05) is 35.1 Å². The van der Waals surface area contributed by atoms with Crippen molar-refractivity contribution in [1.29, 1.82) is 0 Å². The van der Waals surface area contributed by atoms with Crippen molar-refractivity contribution in [2.24, 2.45) is 5.73 Å². The smallest absolute Gasteiger partial charge is 0.264 e. The molecule has 1 atom stereocenters. The quantitative estimate of drug-likeness (QED) is 0.551. The van der Waals surface area contributed by atoms with Crippen molar-refractivity contribution in [3.63, 3.8) is 0 Å². The Morgan fingerprint density at radius 1 is 1.06 bits per heavy atom. The third kappa shape index (κ3) is 4.81. The molecule has 5 rings (SSSR count). The summed E-state index contributed by atoms with van der Waals surface area (Å²) in [6, 6.07) is 14.2. The van der Waals surface area contributed by atoms with Crippen LogP contribution in [0.4, 0.5) is 4.39 Å². The number of halogens is 1. The number of carbonyl (C=O) groups is 2. The molecule has 0 saturated carbocycles. The fourth-order valence-corrected chi connectivity index (χ4v) is 6.06.